The third-order valence-electron chi connectivity index (χ3n) is 2.59. The number of hydrogen-bond donors (Lipinski definition) is 0. The van der Waals surface area contributed by atoms with Crippen molar-refractivity contribution >= 4 is 22.6 Å². The van der Waals surface area contributed by atoms with E-state index in [1.807, 2.05) is 0 Å². The van der Waals surface area contributed by atoms with Crippen LogP contribution in [0.15, 0.2) is 18.2 Å². The first kappa shape index (κ1) is 8.54. The summed E-state index contributed by atoms with van der Waals surface area (Å²) in [7, 11) is 0. The lowest BCUT2D eigenvalue weighted by Crippen LogP contribution is -2.11. The lowest BCUT2D eigenvalue weighted by atomic mass is 9.84. The molecule has 0 N–H and O–H groups in total. The summed E-state index contributed by atoms with van der Waals surface area (Å²) in [5.41, 5.74) is 4.86. The molecule has 64 valence electrons. The zero-order valence-corrected chi connectivity index (χ0v) is 9.30. The predicted octanol–water partition coefficient (Wildman–Crippen LogP) is 3.15. The molecule has 0 saturated heterocycles. The summed E-state index contributed by atoms with van der Waals surface area (Å²) in [6.45, 7) is 0. The predicted molar refractivity (Wildman–Crippen MR) is 61.1 cm³/mol. The van der Waals surface area contributed by atoms with Gasteiger partial charge in [0.15, 0.2) is 0 Å². The maximum Gasteiger partial charge on any atom is -0.000156 e. The van der Waals surface area contributed by atoms with Gasteiger partial charge >= 0.3 is 0 Å². The molecular formula is C11H13I. The molecule has 0 unspecified atom stereocenters. The molecule has 0 fully saturated rings. The molecule has 1 aliphatic rings. The lowest BCUT2D eigenvalue weighted by molar-refractivity contribution is 0.798. The molecule has 0 spiro atoms. The van der Waals surface area contributed by atoms with E-state index in [1.54, 1.807) is 16.7 Å². The van der Waals surface area contributed by atoms with Crippen molar-refractivity contribution in [3.8, 4) is 0 Å². The molecule has 1 aromatic carbocycles. The van der Waals surface area contributed by atoms with Gasteiger partial charge in [-0.1, -0.05) is 40.8 Å². The minimum absolute atomic E-state index is 1.28. The molecule has 12 heavy (non-hydrogen) atoms. The Morgan fingerprint density at radius 3 is 2.83 bits per heavy atom. The third-order valence-corrected chi connectivity index (χ3v) is 3.36. The summed E-state index contributed by atoms with van der Waals surface area (Å²) in [6.07, 6.45) is 5.25. The van der Waals surface area contributed by atoms with Gasteiger partial charge in [0.05, 0.1) is 0 Å². The molecule has 2 rings (SSSR count). The van der Waals surface area contributed by atoms with Crippen LogP contribution < -0.4 is 0 Å². The average Bonchev–Trinajstić information content (AvgIpc) is 2.04. The summed E-state index contributed by atoms with van der Waals surface area (Å²) in [4.78, 5) is 0. The van der Waals surface area contributed by atoms with Gasteiger partial charge in [0.25, 0.3) is 0 Å². The van der Waals surface area contributed by atoms with Gasteiger partial charge in [-0.3, -0.25) is 0 Å². The second-order valence-corrected chi connectivity index (χ2v) is 4.43. The quantitative estimate of drug-likeness (QED) is 0.585. The van der Waals surface area contributed by atoms with Crippen molar-refractivity contribution in [2.75, 3.05) is 4.43 Å². The largest absolute Gasteiger partial charge is 0.0864 e. The minimum atomic E-state index is 1.28. The molecule has 0 aromatic heterocycles. The number of hydrogen-bond acceptors (Lipinski definition) is 0. The fourth-order valence-corrected chi connectivity index (χ4v) is 2.20. The summed E-state index contributed by atoms with van der Waals surface area (Å²) < 4.78 is 1.28. The van der Waals surface area contributed by atoms with E-state index in [0.29, 0.717) is 0 Å². The SMILES string of the molecule is ICCCc1cccc2c1CC2. The van der Waals surface area contributed by atoms with Crippen molar-refractivity contribution in [2.24, 2.45) is 0 Å². The van der Waals surface area contributed by atoms with E-state index < -0.39 is 0 Å². The number of aryl methyl sites for hydroxylation is 2. The van der Waals surface area contributed by atoms with Crippen molar-refractivity contribution in [1.82, 2.24) is 0 Å². The summed E-state index contributed by atoms with van der Waals surface area (Å²) in [5.74, 6) is 0. The van der Waals surface area contributed by atoms with Crippen LogP contribution in [0.5, 0.6) is 0 Å². The fourth-order valence-electron chi connectivity index (χ4n) is 1.82. The first-order valence-corrected chi connectivity index (χ1v) is 6.10. The zero-order valence-electron chi connectivity index (χ0n) is 7.15. The van der Waals surface area contributed by atoms with Crippen molar-refractivity contribution in [3.63, 3.8) is 0 Å². The van der Waals surface area contributed by atoms with E-state index >= 15 is 0 Å². The van der Waals surface area contributed by atoms with Gasteiger partial charge in [-0.05, 0) is 46.8 Å². The Bertz CT molecular complexity index is 278. The summed E-state index contributed by atoms with van der Waals surface area (Å²) in [6, 6.07) is 6.78. The van der Waals surface area contributed by atoms with Crippen molar-refractivity contribution in [2.45, 2.75) is 25.7 Å². The van der Waals surface area contributed by atoms with E-state index in [2.05, 4.69) is 40.8 Å². The Hall–Kier alpha value is -0.0500. The van der Waals surface area contributed by atoms with Crippen molar-refractivity contribution in [3.05, 3.63) is 34.9 Å². The van der Waals surface area contributed by atoms with Crippen LogP contribution >= 0.6 is 22.6 Å². The number of alkyl halides is 1. The van der Waals surface area contributed by atoms with Crippen LogP contribution in [-0.2, 0) is 19.3 Å². The van der Waals surface area contributed by atoms with E-state index in [4.69, 9.17) is 0 Å². The van der Waals surface area contributed by atoms with Gasteiger partial charge in [-0.15, -0.1) is 0 Å². The molecule has 0 radical (unpaired) electrons. The fraction of sp³-hybridized carbons (Fsp3) is 0.455. The van der Waals surface area contributed by atoms with Gasteiger partial charge in [0, 0.05) is 0 Å². The maximum absolute atomic E-state index is 2.45. The summed E-state index contributed by atoms with van der Waals surface area (Å²) >= 11 is 2.45. The second-order valence-electron chi connectivity index (χ2n) is 3.35. The molecule has 1 aromatic rings. The van der Waals surface area contributed by atoms with E-state index in [0.717, 1.165) is 0 Å². The molecule has 0 bridgehead atoms. The van der Waals surface area contributed by atoms with Crippen LogP contribution in [0.2, 0.25) is 0 Å². The lowest BCUT2D eigenvalue weighted by Gasteiger charge is -2.22. The van der Waals surface area contributed by atoms with Crippen LogP contribution in [0, 0.1) is 0 Å². The Morgan fingerprint density at radius 1 is 1.25 bits per heavy atom. The Balaban J connectivity index is 2.15. The Morgan fingerprint density at radius 2 is 2.17 bits per heavy atom. The smallest absolute Gasteiger partial charge is 0.000156 e. The highest BCUT2D eigenvalue weighted by atomic mass is 127. The van der Waals surface area contributed by atoms with Gasteiger partial charge in [0.1, 0.15) is 0 Å². The monoisotopic (exact) mass is 272 g/mol. The van der Waals surface area contributed by atoms with E-state index in [1.165, 1.54) is 30.1 Å². The van der Waals surface area contributed by atoms with Crippen LogP contribution in [0.4, 0.5) is 0 Å². The first-order chi connectivity index (χ1) is 5.92. The average molecular weight is 272 g/mol. The van der Waals surface area contributed by atoms with Crippen LogP contribution in [0.1, 0.15) is 23.1 Å². The molecule has 0 aliphatic heterocycles. The highest BCUT2D eigenvalue weighted by Crippen LogP contribution is 2.26. The highest BCUT2D eigenvalue weighted by molar-refractivity contribution is 14.1. The van der Waals surface area contributed by atoms with Crippen LogP contribution in [0.25, 0.3) is 0 Å². The second kappa shape index (κ2) is 3.77. The molecule has 0 amide bonds. The number of fused-ring (bicyclic) bond motifs is 1. The molecule has 0 heterocycles. The topological polar surface area (TPSA) is 0 Å². The molecular weight excluding hydrogens is 259 g/mol. The molecule has 0 saturated carbocycles. The van der Waals surface area contributed by atoms with Crippen LogP contribution in [0.3, 0.4) is 0 Å². The maximum atomic E-state index is 2.45. The Labute approximate surface area is 87.5 Å². The molecule has 0 nitrogen and oxygen atoms in total. The molecule has 1 aliphatic carbocycles. The van der Waals surface area contributed by atoms with Crippen LogP contribution in [-0.4, -0.2) is 4.43 Å². The minimum Gasteiger partial charge on any atom is -0.0864 e. The zero-order chi connectivity index (χ0) is 8.39. The normalized spacial score (nSPS) is 13.8. The number of halogens is 1. The van der Waals surface area contributed by atoms with Crippen molar-refractivity contribution in [1.29, 1.82) is 0 Å². The van der Waals surface area contributed by atoms with E-state index in [9.17, 15) is 0 Å². The first-order valence-electron chi connectivity index (χ1n) is 4.57. The van der Waals surface area contributed by atoms with Gasteiger partial charge in [0.2, 0.25) is 0 Å². The third kappa shape index (κ3) is 1.51. The van der Waals surface area contributed by atoms with Gasteiger partial charge < -0.3 is 0 Å². The van der Waals surface area contributed by atoms with Gasteiger partial charge in [-0.25, -0.2) is 0 Å². The molecule has 0 atom stereocenters. The standard InChI is InChI=1S/C11H13I/c12-8-2-5-9-3-1-4-10-6-7-11(9)10/h1,3-4H,2,5-8H2. The molecule has 1 heteroatoms. The van der Waals surface area contributed by atoms with Gasteiger partial charge in [-0.2, -0.15) is 0 Å². The Kier molecular flexibility index (Phi) is 2.69. The number of rotatable bonds is 3. The van der Waals surface area contributed by atoms with E-state index in [-0.39, 0.29) is 0 Å². The highest BCUT2D eigenvalue weighted by Gasteiger charge is 2.15. The van der Waals surface area contributed by atoms with Crippen molar-refractivity contribution < 1.29 is 0 Å². The summed E-state index contributed by atoms with van der Waals surface area (Å²) in [5, 5.41) is 0. The number of benzene rings is 1.